The van der Waals surface area contributed by atoms with Crippen molar-refractivity contribution >= 4 is 17.8 Å². The van der Waals surface area contributed by atoms with Gasteiger partial charge in [0, 0.05) is 6.92 Å². The molecule has 0 aliphatic carbocycles. The van der Waals surface area contributed by atoms with Gasteiger partial charge in [-0.2, -0.15) is 0 Å². The van der Waals surface area contributed by atoms with Crippen molar-refractivity contribution in [2.75, 3.05) is 0 Å². The minimum Gasteiger partial charge on any atom is -0.481 e. The topological polar surface area (TPSA) is 136 Å². The molecule has 0 fully saturated rings. The zero-order valence-corrected chi connectivity index (χ0v) is 11.3. The molecule has 18 heavy (non-hydrogen) atoms. The van der Waals surface area contributed by atoms with E-state index in [1.54, 1.807) is 6.92 Å². The van der Waals surface area contributed by atoms with E-state index in [1.807, 2.05) is 13.8 Å². The fraction of sp³-hybridized carbons (Fsp3) is 0.727. The Morgan fingerprint density at radius 3 is 1.89 bits per heavy atom. The molecule has 0 radical (unpaired) electrons. The molecule has 3 unspecified atom stereocenters. The molecule has 7 nitrogen and oxygen atoms in total. The molecule has 0 aromatic rings. The molecule has 0 saturated carbocycles. The van der Waals surface area contributed by atoms with Crippen LogP contribution in [0.15, 0.2) is 0 Å². The van der Waals surface area contributed by atoms with E-state index in [2.05, 4.69) is 5.32 Å². The molecule has 0 aromatic carbocycles. The summed E-state index contributed by atoms with van der Waals surface area (Å²) in [5, 5.41) is 9.94. The van der Waals surface area contributed by atoms with Crippen LogP contribution < -0.4 is 16.8 Å². The number of carboxylic acid groups (broad SMARTS) is 1. The van der Waals surface area contributed by atoms with E-state index in [0.29, 0.717) is 0 Å². The lowest BCUT2D eigenvalue weighted by Crippen LogP contribution is -2.52. The number of hydrogen-bond donors (Lipinski definition) is 4. The highest BCUT2D eigenvalue weighted by Crippen LogP contribution is 2.07. The van der Waals surface area contributed by atoms with Crippen LogP contribution in [0.1, 0.15) is 34.1 Å². The summed E-state index contributed by atoms with van der Waals surface area (Å²) in [6.45, 7) is 6.43. The van der Waals surface area contributed by atoms with Crippen LogP contribution in [0.3, 0.4) is 0 Å². The van der Waals surface area contributed by atoms with Crippen LogP contribution in [-0.2, 0) is 14.4 Å². The van der Waals surface area contributed by atoms with Crippen molar-refractivity contribution in [3.63, 3.8) is 0 Å². The summed E-state index contributed by atoms with van der Waals surface area (Å²) in [4.78, 5) is 31.3. The molecular weight excluding hydrogens is 238 g/mol. The van der Waals surface area contributed by atoms with Crippen LogP contribution in [-0.4, -0.2) is 35.0 Å². The molecule has 0 aromatic heterocycles. The fourth-order valence-corrected chi connectivity index (χ4v) is 1.01. The number of primary amides is 1. The zero-order valence-electron chi connectivity index (χ0n) is 11.3. The first-order valence-electron chi connectivity index (χ1n) is 5.68. The summed E-state index contributed by atoms with van der Waals surface area (Å²) in [5.74, 6) is -1.68. The van der Waals surface area contributed by atoms with E-state index in [1.165, 1.54) is 0 Å². The van der Waals surface area contributed by atoms with Gasteiger partial charge in [-0.3, -0.25) is 14.4 Å². The van der Waals surface area contributed by atoms with E-state index in [0.717, 1.165) is 13.3 Å². The average molecular weight is 261 g/mol. The summed E-state index contributed by atoms with van der Waals surface area (Å²) >= 11 is 0. The van der Waals surface area contributed by atoms with Crippen molar-refractivity contribution in [3.8, 4) is 0 Å². The lowest BCUT2D eigenvalue weighted by Gasteiger charge is -2.21. The van der Waals surface area contributed by atoms with Gasteiger partial charge in [0.15, 0.2) is 0 Å². The Morgan fingerprint density at radius 2 is 1.67 bits per heavy atom. The summed E-state index contributed by atoms with van der Waals surface area (Å²) < 4.78 is 0. The summed E-state index contributed by atoms with van der Waals surface area (Å²) in [7, 11) is 0. The maximum Gasteiger partial charge on any atom is 0.300 e. The molecule has 6 N–H and O–H groups in total. The Bertz CT molecular complexity index is 288. The van der Waals surface area contributed by atoms with Crippen LogP contribution in [0.25, 0.3) is 0 Å². The van der Waals surface area contributed by atoms with Gasteiger partial charge in [0.25, 0.3) is 5.97 Å². The number of rotatable bonds is 5. The maximum absolute atomic E-state index is 11.2. The van der Waals surface area contributed by atoms with Gasteiger partial charge in [-0.1, -0.05) is 20.3 Å². The Labute approximate surface area is 107 Å². The molecule has 0 heterocycles. The van der Waals surface area contributed by atoms with Crippen LogP contribution in [0.5, 0.6) is 0 Å². The zero-order chi connectivity index (χ0) is 14.9. The summed E-state index contributed by atoms with van der Waals surface area (Å²) in [6, 6.07) is -1.25. The number of carboxylic acids is 1. The first-order chi connectivity index (χ1) is 8.13. The highest BCUT2D eigenvalue weighted by atomic mass is 16.4. The summed E-state index contributed by atoms with van der Waals surface area (Å²) in [5.41, 5.74) is 10.5. The smallest absolute Gasteiger partial charge is 0.300 e. The van der Waals surface area contributed by atoms with Crippen LogP contribution in [0.2, 0.25) is 0 Å². The second-order valence-electron chi connectivity index (χ2n) is 4.08. The van der Waals surface area contributed by atoms with E-state index in [-0.39, 0.29) is 11.8 Å². The second-order valence-corrected chi connectivity index (χ2v) is 4.08. The number of carbonyl (C=O) groups is 3. The van der Waals surface area contributed by atoms with E-state index in [4.69, 9.17) is 21.4 Å². The van der Waals surface area contributed by atoms with Crippen molar-refractivity contribution in [2.24, 2.45) is 17.4 Å². The molecule has 106 valence electrons. The third kappa shape index (κ3) is 9.59. The Morgan fingerprint density at radius 1 is 1.28 bits per heavy atom. The molecule has 0 aliphatic rings. The van der Waals surface area contributed by atoms with Crippen LogP contribution >= 0.6 is 0 Å². The lowest BCUT2D eigenvalue weighted by atomic mass is 9.98. The first-order valence-corrected chi connectivity index (χ1v) is 5.68. The number of nitrogens with one attached hydrogen (secondary N) is 1. The highest BCUT2D eigenvalue weighted by Gasteiger charge is 2.24. The van der Waals surface area contributed by atoms with Crippen molar-refractivity contribution < 1.29 is 19.5 Å². The maximum atomic E-state index is 11.2. The van der Waals surface area contributed by atoms with Gasteiger partial charge in [-0.15, -0.1) is 0 Å². The van der Waals surface area contributed by atoms with E-state index < -0.39 is 24.0 Å². The summed E-state index contributed by atoms with van der Waals surface area (Å²) in [6.07, 6.45) is 0.771. The number of carbonyl (C=O) groups excluding carboxylic acids is 2. The molecule has 3 atom stereocenters. The van der Waals surface area contributed by atoms with Gasteiger partial charge in [0.05, 0.1) is 6.04 Å². The lowest BCUT2D eigenvalue weighted by molar-refractivity contribution is -0.134. The standard InChI is InChI=1S/C9H19N3O2.C2H4O2/c1-4-5(2)7(8(11)13)12-9(14)6(3)10;1-2(3)4/h5-7H,4,10H2,1-3H3,(H2,11,13)(H,12,14);1H3,(H,3,4). The number of hydrogen-bond acceptors (Lipinski definition) is 4. The largest absolute Gasteiger partial charge is 0.481 e. The fourth-order valence-electron chi connectivity index (χ4n) is 1.01. The third-order valence-corrected chi connectivity index (χ3v) is 2.23. The van der Waals surface area contributed by atoms with Gasteiger partial charge < -0.3 is 21.9 Å². The second kappa shape index (κ2) is 9.41. The van der Waals surface area contributed by atoms with E-state index >= 15 is 0 Å². The van der Waals surface area contributed by atoms with Crippen LogP contribution in [0, 0.1) is 5.92 Å². The first kappa shape index (κ1) is 18.7. The van der Waals surface area contributed by atoms with E-state index in [9.17, 15) is 9.59 Å². The van der Waals surface area contributed by atoms with Gasteiger partial charge in [-0.05, 0) is 12.8 Å². The van der Waals surface area contributed by atoms with Crippen molar-refractivity contribution in [3.05, 3.63) is 0 Å². The van der Waals surface area contributed by atoms with Crippen LogP contribution in [0.4, 0.5) is 0 Å². The molecule has 0 aliphatic heterocycles. The molecule has 0 saturated heterocycles. The highest BCUT2D eigenvalue weighted by molar-refractivity contribution is 5.88. The molecule has 7 heteroatoms. The Kier molecular flexibility index (Phi) is 9.79. The number of amides is 2. The van der Waals surface area contributed by atoms with Gasteiger partial charge in [0.1, 0.15) is 6.04 Å². The average Bonchev–Trinajstić information content (AvgIpc) is 2.22. The monoisotopic (exact) mass is 261 g/mol. The molecular formula is C11H23N3O4. The quantitative estimate of drug-likeness (QED) is 0.526. The Balaban J connectivity index is 0. The van der Waals surface area contributed by atoms with Gasteiger partial charge in [0.2, 0.25) is 11.8 Å². The number of nitrogens with two attached hydrogens (primary N) is 2. The third-order valence-electron chi connectivity index (χ3n) is 2.23. The van der Waals surface area contributed by atoms with Crippen molar-refractivity contribution in [1.82, 2.24) is 5.32 Å². The van der Waals surface area contributed by atoms with Crippen molar-refractivity contribution in [1.29, 1.82) is 0 Å². The minimum absolute atomic E-state index is 0.0233. The predicted molar refractivity (Wildman–Crippen MR) is 67.5 cm³/mol. The molecule has 0 rings (SSSR count). The predicted octanol–water partition coefficient (Wildman–Crippen LogP) is -0.559. The minimum atomic E-state index is -0.833. The molecule has 0 spiro atoms. The van der Waals surface area contributed by atoms with Gasteiger partial charge in [-0.25, -0.2) is 0 Å². The SMILES string of the molecule is CC(=O)O.CCC(C)C(NC(=O)C(C)N)C(N)=O. The molecule has 2 amide bonds. The Hall–Kier alpha value is -1.63. The normalized spacial score (nSPS) is 14.5. The van der Waals surface area contributed by atoms with Crippen molar-refractivity contribution in [2.45, 2.75) is 46.2 Å². The number of aliphatic carboxylic acids is 1. The molecule has 0 bridgehead atoms. The van der Waals surface area contributed by atoms with Gasteiger partial charge >= 0.3 is 0 Å².